The number of esters is 1. The van der Waals surface area contributed by atoms with E-state index in [4.69, 9.17) is 18.9 Å². The van der Waals surface area contributed by atoms with Gasteiger partial charge < -0.3 is 24.3 Å². The Morgan fingerprint density at radius 3 is 2.53 bits per heavy atom. The van der Waals surface area contributed by atoms with E-state index in [1.54, 1.807) is 43.5 Å². The van der Waals surface area contributed by atoms with Gasteiger partial charge in [0.05, 0.1) is 32.3 Å². The van der Waals surface area contributed by atoms with Gasteiger partial charge in [0, 0.05) is 23.2 Å². The van der Waals surface area contributed by atoms with Crippen LogP contribution in [-0.4, -0.2) is 38.7 Å². The highest BCUT2D eigenvalue weighted by molar-refractivity contribution is 5.94. The number of rotatable bonds is 6. The van der Waals surface area contributed by atoms with Crippen LogP contribution in [0.1, 0.15) is 51.4 Å². The second kappa shape index (κ2) is 10.9. The summed E-state index contributed by atoms with van der Waals surface area (Å²) in [6.45, 7) is 0.364. The molecule has 0 saturated carbocycles. The highest BCUT2D eigenvalue weighted by Gasteiger charge is 2.30. The summed E-state index contributed by atoms with van der Waals surface area (Å²) < 4.78 is 21.9. The molecule has 0 aromatic heterocycles. The van der Waals surface area contributed by atoms with E-state index in [1.165, 1.54) is 18.2 Å². The zero-order valence-electron chi connectivity index (χ0n) is 21.3. The van der Waals surface area contributed by atoms with Crippen LogP contribution in [-0.2, 0) is 22.4 Å². The van der Waals surface area contributed by atoms with Crippen molar-refractivity contribution in [3.8, 4) is 29.1 Å². The van der Waals surface area contributed by atoms with Crippen molar-refractivity contribution in [1.29, 1.82) is 5.26 Å². The second-order valence-corrected chi connectivity index (χ2v) is 9.39. The summed E-state index contributed by atoms with van der Waals surface area (Å²) in [5, 5.41) is 12.8. The molecule has 8 heteroatoms. The van der Waals surface area contributed by atoms with Gasteiger partial charge in [0.15, 0.2) is 0 Å². The maximum absolute atomic E-state index is 12.9. The Bertz CT molecular complexity index is 1410. The number of aryl methyl sites for hydroxylation is 1. The first-order valence-electron chi connectivity index (χ1n) is 12.5. The molecule has 0 radical (unpaired) electrons. The average molecular weight is 513 g/mol. The zero-order chi connectivity index (χ0) is 26.6. The van der Waals surface area contributed by atoms with E-state index in [0.29, 0.717) is 41.4 Å². The fraction of sp³-hybridized carbons (Fsp3) is 0.300. The van der Waals surface area contributed by atoms with Crippen molar-refractivity contribution in [2.24, 2.45) is 0 Å². The van der Waals surface area contributed by atoms with E-state index < -0.39 is 5.92 Å². The van der Waals surface area contributed by atoms with Crippen LogP contribution in [0.3, 0.4) is 0 Å². The predicted octanol–water partition coefficient (Wildman–Crippen LogP) is 4.69. The van der Waals surface area contributed by atoms with Crippen molar-refractivity contribution in [3.05, 3.63) is 82.4 Å². The Balaban J connectivity index is 1.26. The van der Waals surface area contributed by atoms with Crippen molar-refractivity contribution in [1.82, 2.24) is 5.32 Å². The number of amides is 1. The number of carbonyl (C=O) groups excluding carboxylic acids is 2. The number of carbonyl (C=O) groups is 2. The summed E-state index contributed by atoms with van der Waals surface area (Å²) in [4.78, 5) is 25.1. The third-order valence-corrected chi connectivity index (χ3v) is 7.08. The molecule has 2 atom stereocenters. The van der Waals surface area contributed by atoms with E-state index in [0.717, 1.165) is 25.0 Å². The molecule has 2 unspecified atom stereocenters. The first-order valence-corrected chi connectivity index (χ1v) is 12.5. The summed E-state index contributed by atoms with van der Waals surface area (Å²) in [6, 6.07) is 18.3. The fourth-order valence-corrected chi connectivity index (χ4v) is 5.03. The molecule has 0 saturated heterocycles. The van der Waals surface area contributed by atoms with Crippen LogP contribution in [0, 0.1) is 11.3 Å². The standard InChI is InChI=1S/C30H28N2O6/c1-35-24-10-6-19-13-22(7-3-20(19)14-24)32-29(33)18-4-8-23(9-5-18)38-27-16-28-26(15-21(27)17-31)25(11-12-37-28)30(34)36-2/h4-6,8-10,14-16,22,25H,3,7,11-13H2,1-2H3,(H,32,33). The maximum atomic E-state index is 12.9. The predicted molar refractivity (Wildman–Crippen MR) is 139 cm³/mol. The minimum Gasteiger partial charge on any atom is -0.497 e. The van der Waals surface area contributed by atoms with Crippen LogP contribution < -0.4 is 19.5 Å². The largest absolute Gasteiger partial charge is 0.497 e. The SMILES string of the molecule is COC(=O)C1CCOc2cc(Oc3ccc(C(=O)NC4CCc5cc(OC)ccc5C4)cc3)c(C#N)cc21. The van der Waals surface area contributed by atoms with Crippen LogP contribution in [0.4, 0.5) is 0 Å². The molecule has 194 valence electrons. The lowest BCUT2D eigenvalue weighted by Gasteiger charge is -2.26. The van der Waals surface area contributed by atoms with Gasteiger partial charge in [-0.3, -0.25) is 9.59 Å². The number of methoxy groups -OCH3 is 2. The summed E-state index contributed by atoms with van der Waals surface area (Å²) in [6.07, 6.45) is 3.01. The lowest BCUT2D eigenvalue weighted by molar-refractivity contribution is -0.143. The highest BCUT2D eigenvalue weighted by Crippen LogP contribution is 2.40. The molecule has 1 aliphatic carbocycles. The van der Waals surface area contributed by atoms with Crippen LogP contribution in [0.2, 0.25) is 0 Å². The van der Waals surface area contributed by atoms with Gasteiger partial charge in [0.25, 0.3) is 5.91 Å². The summed E-state index contributed by atoms with van der Waals surface area (Å²) in [7, 11) is 3.01. The lowest BCUT2D eigenvalue weighted by Crippen LogP contribution is -2.38. The molecule has 38 heavy (non-hydrogen) atoms. The average Bonchev–Trinajstić information content (AvgIpc) is 2.96. The number of fused-ring (bicyclic) bond motifs is 2. The first kappa shape index (κ1) is 25.2. The zero-order valence-corrected chi connectivity index (χ0v) is 21.3. The minimum atomic E-state index is -0.483. The third-order valence-electron chi connectivity index (χ3n) is 7.08. The number of benzene rings is 3. The van der Waals surface area contributed by atoms with Gasteiger partial charge in [0.2, 0.25) is 0 Å². The molecule has 2 aliphatic rings. The third kappa shape index (κ3) is 5.14. The molecule has 0 bridgehead atoms. The van der Waals surface area contributed by atoms with E-state index in [9.17, 15) is 14.9 Å². The second-order valence-electron chi connectivity index (χ2n) is 9.39. The van der Waals surface area contributed by atoms with Gasteiger partial charge in [-0.25, -0.2) is 0 Å². The summed E-state index contributed by atoms with van der Waals surface area (Å²) >= 11 is 0. The number of hydrogen-bond acceptors (Lipinski definition) is 7. The lowest BCUT2D eigenvalue weighted by atomic mass is 9.88. The molecular formula is C30H28N2O6. The Morgan fingerprint density at radius 1 is 1.00 bits per heavy atom. The minimum absolute atomic E-state index is 0.0572. The monoisotopic (exact) mass is 512 g/mol. The molecular weight excluding hydrogens is 484 g/mol. The van der Waals surface area contributed by atoms with Crippen molar-refractivity contribution in [2.75, 3.05) is 20.8 Å². The van der Waals surface area contributed by atoms with Crippen molar-refractivity contribution in [3.63, 3.8) is 0 Å². The molecule has 8 nitrogen and oxygen atoms in total. The van der Waals surface area contributed by atoms with Gasteiger partial charge in [-0.1, -0.05) is 6.07 Å². The maximum Gasteiger partial charge on any atom is 0.313 e. The Kier molecular flexibility index (Phi) is 7.18. The normalized spacial score (nSPS) is 17.6. The molecule has 1 heterocycles. The molecule has 1 N–H and O–H groups in total. The molecule has 1 amide bonds. The molecule has 0 fully saturated rings. The van der Waals surface area contributed by atoms with Gasteiger partial charge in [0.1, 0.15) is 29.1 Å². The molecule has 5 rings (SSSR count). The highest BCUT2D eigenvalue weighted by atomic mass is 16.5. The van der Waals surface area contributed by atoms with Gasteiger partial charge in [-0.05, 0) is 79.3 Å². The quantitative estimate of drug-likeness (QED) is 0.478. The van der Waals surface area contributed by atoms with Crippen molar-refractivity contribution < 1.29 is 28.5 Å². The number of ether oxygens (including phenoxy) is 4. The molecule has 1 aliphatic heterocycles. The number of nitrogens with one attached hydrogen (secondary N) is 1. The van der Waals surface area contributed by atoms with E-state index in [-0.39, 0.29) is 23.5 Å². The van der Waals surface area contributed by atoms with Crippen molar-refractivity contribution >= 4 is 11.9 Å². The molecule has 3 aromatic rings. The Labute approximate surface area is 221 Å². The van der Waals surface area contributed by atoms with Gasteiger partial charge in [-0.2, -0.15) is 5.26 Å². The van der Waals surface area contributed by atoms with Gasteiger partial charge in [-0.15, -0.1) is 0 Å². The smallest absolute Gasteiger partial charge is 0.313 e. The Morgan fingerprint density at radius 2 is 1.79 bits per heavy atom. The van der Waals surface area contributed by atoms with E-state index in [1.807, 2.05) is 6.07 Å². The molecule has 3 aromatic carbocycles. The van der Waals surface area contributed by atoms with E-state index >= 15 is 0 Å². The summed E-state index contributed by atoms with van der Waals surface area (Å²) in [5.74, 6) is 1.13. The Hall–Kier alpha value is -4.51. The molecule has 0 spiro atoms. The summed E-state index contributed by atoms with van der Waals surface area (Å²) in [5.41, 5.74) is 3.91. The van der Waals surface area contributed by atoms with E-state index in [2.05, 4.69) is 23.5 Å². The van der Waals surface area contributed by atoms with Crippen molar-refractivity contribution in [2.45, 2.75) is 37.6 Å². The fourth-order valence-electron chi connectivity index (χ4n) is 5.03. The van der Waals surface area contributed by atoms with Crippen LogP contribution in [0.15, 0.2) is 54.6 Å². The first-order chi connectivity index (χ1) is 18.5. The number of hydrogen-bond donors (Lipinski definition) is 1. The number of nitrogens with zero attached hydrogens (tertiary/aromatic N) is 1. The number of nitriles is 1. The van der Waals surface area contributed by atoms with Crippen LogP contribution >= 0.6 is 0 Å². The van der Waals surface area contributed by atoms with Crippen LogP contribution in [0.5, 0.6) is 23.0 Å². The van der Waals surface area contributed by atoms with Gasteiger partial charge >= 0.3 is 5.97 Å². The topological polar surface area (TPSA) is 107 Å². The van der Waals surface area contributed by atoms with Crippen LogP contribution in [0.25, 0.3) is 0 Å².